The number of aromatic nitrogens is 2. The number of rotatable bonds is 4. The van der Waals surface area contributed by atoms with E-state index in [1.54, 1.807) is 18.4 Å². The molecule has 1 aliphatic carbocycles. The third kappa shape index (κ3) is 4.82. The van der Waals surface area contributed by atoms with E-state index in [1.165, 1.54) is 12.1 Å². The number of carbonyl (C=O) groups excluding carboxylic acids is 1. The van der Waals surface area contributed by atoms with E-state index < -0.39 is 28.1 Å². The lowest BCUT2D eigenvalue weighted by Crippen LogP contribution is -2.21. The second kappa shape index (κ2) is 7.91. The summed E-state index contributed by atoms with van der Waals surface area (Å²) in [7, 11) is -3.82. The number of halogens is 3. The second-order valence-electron chi connectivity index (χ2n) is 7.02. The molecule has 4 N–H and O–H groups in total. The Morgan fingerprint density at radius 1 is 1.21 bits per heavy atom. The molecule has 0 radical (unpaired) electrons. The number of alkyl halides is 3. The maximum absolute atomic E-state index is 12.0. The predicted octanol–water partition coefficient (Wildman–Crippen LogP) is 2.61. The van der Waals surface area contributed by atoms with E-state index >= 15 is 0 Å². The topological polar surface area (TPSA) is 164 Å². The lowest BCUT2D eigenvalue weighted by molar-refractivity contribution is -0.192. The van der Waals surface area contributed by atoms with Gasteiger partial charge in [0.25, 0.3) is 15.9 Å². The first-order valence-electron chi connectivity index (χ1n) is 9.24. The fourth-order valence-electron chi connectivity index (χ4n) is 2.81. The van der Waals surface area contributed by atoms with Crippen molar-refractivity contribution in [2.75, 3.05) is 10.6 Å². The summed E-state index contributed by atoms with van der Waals surface area (Å²) in [6, 6.07) is 6.57. The number of amides is 1. The quantitative estimate of drug-likeness (QED) is 0.432. The number of anilines is 3. The first-order valence-corrected chi connectivity index (χ1v) is 10.7. The highest BCUT2D eigenvalue weighted by molar-refractivity contribution is 7.90. The highest BCUT2D eigenvalue weighted by atomic mass is 32.2. The van der Waals surface area contributed by atoms with Gasteiger partial charge in [-0.15, -0.1) is 0 Å². The lowest BCUT2D eigenvalue weighted by Gasteiger charge is -2.09. The van der Waals surface area contributed by atoms with E-state index in [0.29, 0.717) is 34.6 Å². The van der Waals surface area contributed by atoms with Crippen LogP contribution in [0.2, 0.25) is 0 Å². The molecule has 0 bridgehead atoms. The molecule has 174 valence electrons. The van der Waals surface area contributed by atoms with E-state index in [-0.39, 0.29) is 10.5 Å². The van der Waals surface area contributed by atoms with Gasteiger partial charge in [0, 0.05) is 17.8 Å². The molecule has 0 saturated heterocycles. The van der Waals surface area contributed by atoms with Gasteiger partial charge in [-0.2, -0.15) is 18.2 Å². The molecule has 3 heterocycles. The van der Waals surface area contributed by atoms with Gasteiger partial charge in [0.15, 0.2) is 11.4 Å². The van der Waals surface area contributed by atoms with Crippen LogP contribution >= 0.6 is 0 Å². The zero-order valence-electron chi connectivity index (χ0n) is 16.3. The summed E-state index contributed by atoms with van der Waals surface area (Å²) in [4.78, 5) is 29.3. The van der Waals surface area contributed by atoms with Crippen LogP contribution in [0.1, 0.15) is 23.2 Å². The Balaban J connectivity index is 0.000000325. The number of sulfonamides is 1. The van der Waals surface area contributed by atoms with Crippen molar-refractivity contribution in [3.8, 4) is 0 Å². The fourth-order valence-corrected chi connectivity index (χ4v) is 4.01. The van der Waals surface area contributed by atoms with Crippen LogP contribution in [0.25, 0.3) is 11.1 Å². The van der Waals surface area contributed by atoms with Crippen LogP contribution in [0.3, 0.4) is 0 Å². The number of fused-ring (bicyclic) bond motifs is 2. The van der Waals surface area contributed by atoms with Gasteiger partial charge in [-0.3, -0.25) is 4.79 Å². The summed E-state index contributed by atoms with van der Waals surface area (Å²) in [6.07, 6.45) is -1.38. The second-order valence-corrected chi connectivity index (χ2v) is 8.67. The summed E-state index contributed by atoms with van der Waals surface area (Å²) in [5.41, 5.74) is 1.80. The number of hydrogen-bond donors (Lipinski definition) is 4. The average molecular weight is 485 g/mol. The molecule has 1 aliphatic heterocycles. The first-order chi connectivity index (χ1) is 15.4. The van der Waals surface area contributed by atoms with Crippen molar-refractivity contribution in [1.82, 2.24) is 14.7 Å². The zero-order chi connectivity index (χ0) is 24.0. The Bertz CT molecular complexity index is 1370. The Kier molecular flexibility index (Phi) is 5.35. The van der Waals surface area contributed by atoms with Crippen LogP contribution in [0, 0.1) is 0 Å². The predicted molar refractivity (Wildman–Crippen MR) is 107 cm³/mol. The van der Waals surface area contributed by atoms with E-state index in [1.807, 2.05) is 4.72 Å². The van der Waals surface area contributed by atoms with Crippen molar-refractivity contribution in [3.05, 3.63) is 36.1 Å². The number of benzene rings is 1. The number of nitrogens with zero attached hydrogens (tertiary/aromatic N) is 2. The standard InChI is InChI=1S/C16H13N5O4S.C2HF3O2/c22-15-10-4-3-9(7-12(10)26(23,24)21-15)18-16-19-11-5-6-25-13(11)14(20-16)17-8-1-2-8;3-2(4,5)1(6)7/h3-8H,1-2H2,(H,21,22)(H2,17,18,19,20);(H,6,7). The normalized spacial score (nSPS) is 16.4. The molecule has 3 aromatic rings. The zero-order valence-corrected chi connectivity index (χ0v) is 17.1. The van der Waals surface area contributed by atoms with Crippen LogP contribution in [0.4, 0.5) is 30.6 Å². The number of carboxylic acids is 1. The maximum Gasteiger partial charge on any atom is 0.490 e. The van der Waals surface area contributed by atoms with Crippen molar-refractivity contribution in [2.24, 2.45) is 0 Å². The van der Waals surface area contributed by atoms with E-state index in [0.717, 1.165) is 12.8 Å². The van der Waals surface area contributed by atoms with Crippen LogP contribution in [-0.2, 0) is 14.8 Å². The van der Waals surface area contributed by atoms with Gasteiger partial charge in [-0.05, 0) is 31.0 Å². The summed E-state index contributed by atoms with van der Waals surface area (Å²) in [5.74, 6) is -2.49. The maximum atomic E-state index is 12.0. The summed E-state index contributed by atoms with van der Waals surface area (Å²) >= 11 is 0. The van der Waals surface area contributed by atoms with Crippen molar-refractivity contribution in [2.45, 2.75) is 30.0 Å². The molecule has 15 heteroatoms. The molecule has 1 saturated carbocycles. The van der Waals surface area contributed by atoms with E-state index in [2.05, 4.69) is 20.6 Å². The Hall–Kier alpha value is -3.88. The molecule has 2 aliphatic rings. The molecule has 33 heavy (non-hydrogen) atoms. The van der Waals surface area contributed by atoms with Crippen molar-refractivity contribution in [1.29, 1.82) is 0 Å². The minimum Gasteiger partial charge on any atom is -0.475 e. The molecular weight excluding hydrogens is 471 g/mol. The van der Waals surface area contributed by atoms with E-state index in [4.69, 9.17) is 14.3 Å². The van der Waals surface area contributed by atoms with Gasteiger partial charge < -0.3 is 20.2 Å². The molecule has 1 aromatic carbocycles. The number of furan rings is 1. The highest BCUT2D eigenvalue weighted by Crippen LogP contribution is 2.31. The van der Waals surface area contributed by atoms with Crippen molar-refractivity contribution in [3.63, 3.8) is 0 Å². The Labute approximate surface area is 183 Å². The summed E-state index contributed by atoms with van der Waals surface area (Å²) in [5, 5.41) is 13.4. The molecule has 0 atom stereocenters. The molecule has 2 aromatic heterocycles. The van der Waals surface area contributed by atoms with Gasteiger partial charge in [-0.25, -0.2) is 22.9 Å². The molecular formula is C18H14F3N5O6S. The third-order valence-electron chi connectivity index (χ3n) is 4.46. The van der Waals surface area contributed by atoms with Crippen molar-refractivity contribution < 1.29 is 40.7 Å². The molecule has 1 amide bonds. The van der Waals surface area contributed by atoms with Crippen LogP contribution in [0.15, 0.2) is 39.8 Å². The summed E-state index contributed by atoms with van der Waals surface area (Å²) < 4.78 is 63.1. The van der Waals surface area contributed by atoms with Crippen molar-refractivity contribution >= 4 is 50.5 Å². The third-order valence-corrected chi connectivity index (χ3v) is 5.83. The number of carboxylic acid groups (broad SMARTS) is 1. The SMILES string of the molecule is O=C(O)C(F)(F)F.O=C1NS(=O)(=O)c2cc(Nc3nc(NC4CC4)c4occc4n3)ccc21. The molecule has 0 unspecified atom stereocenters. The number of aliphatic carboxylic acids is 1. The van der Waals surface area contributed by atoms with Gasteiger partial charge in [0.1, 0.15) is 10.4 Å². The number of hydrogen-bond acceptors (Lipinski definition) is 9. The van der Waals surface area contributed by atoms with E-state index in [9.17, 15) is 26.4 Å². The van der Waals surface area contributed by atoms with Crippen LogP contribution in [-0.4, -0.2) is 47.6 Å². The average Bonchev–Trinajstić information content (AvgIpc) is 3.34. The first kappa shape index (κ1) is 22.3. The van der Waals surface area contributed by atoms with Gasteiger partial charge in [0.2, 0.25) is 5.95 Å². The van der Waals surface area contributed by atoms with Gasteiger partial charge >= 0.3 is 12.1 Å². The number of nitrogens with one attached hydrogen (secondary N) is 3. The lowest BCUT2D eigenvalue weighted by atomic mass is 10.2. The molecule has 0 spiro atoms. The minimum absolute atomic E-state index is 0.0618. The Morgan fingerprint density at radius 2 is 1.91 bits per heavy atom. The highest BCUT2D eigenvalue weighted by Gasteiger charge is 2.38. The number of carbonyl (C=O) groups is 2. The monoisotopic (exact) mass is 485 g/mol. The smallest absolute Gasteiger partial charge is 0.475 e. The van der Waals surface area contributed by atoms with Gasteiger partial charge in [-0.1, -0.05) is 0 Å². The Morgan fingerprint density at radius 3 is 2.55 bits per heavy atom. The van der Waals surface area contributed by atoms with Gasteiger partial charge in [0.05, 0.1) is 11.8 Å². The molecule has 5 rings (SSSR count). The molecule has 11 nitrogen and oxygen atoms in total. The van der Waals surface area contributed by atoms with Crippen LogP contribution in [0.5, 0.6) is 0 Å². The fraction of sp³-hybridized carbons (Fsp3) is 0.222. The largest absolute Gasteiger partial charge is 0.490 e. The van der Waals surface area contributed by atoms with Crippen LogP contribution < -0.4 is 15.4 Å². The molecule has 1 fully saturated rings. The summed E-state index contributed by atoms with van der Waals surface area (Å²) in [6.45, 7) is 0. The minimum atomic E-state index is -5.08.